The molecule has 0 radical (unpaired) electrons. The number of hydrogen-bond donors (Lipinski definition) is 2. The minimum Gasteiger partial charge on any atom is -0.497 e. The summed E-state index contributed by atoms with van der Waals surface area (Å²) in [5, 5.41) is 2.78. The van der Waals surface area contributed by atoms with Crippen LogP contribution in [0.2, 0.25) is 0 Å². The van der Waals surface area contributed by atoms with Crippen LogP contribution in [0, 0.1) is 11.2 Å². The second kappa shape index (κ2) is 8.31. The van der Waals surface area contributed by atoms with Crippen molar-refractivity contribution in [3.8, 4) is 5.75 Å². The summed E-state index contributed by atoms with van der Waals surface area (Å²) >= 11 is 0. The van der Waals surface area contributed by atoms with Crippen LogP contribution in [0.1, 0.15) is 18.4 Å². The Kier molecular flexibility index (Phi) is 7.06. The monoisotopic (exact) mass is 332 g/mol. The van der Waals surface area contributed by atoms with Crippen LogP contribution < -0.4 is 15.8 Å². The summed E-state index contributed by atoms with van der Waals surface area (Å²) < 4.78 is 24.1. The molecule has 7 heteroatoms. The number of methoxy groups -OCH3 is 1. The van der Waals surface area contributed by atoms with Gasteiger partial charge in [-0.2, -0.15) is 0 Å². The number of hydrogen-bond acceptors (Lipinski definition) is 4. The van der Waals surface area contributed by atoms with E-state index in [9.17, 15) is 9.18 Å². The third-order valence-electron chi connectivity index (χ3n) is 4.02. The average molecular weight is 333 g/mol. The zero-order valence-electron chi connectivity index (χ0n) is 12.6. The Morgan fingerprint density at radius 3 is 2.68 bits per heavy atom. The first kappa shape index (κ1) is 18.7. The van der Waals surface area contributed by atoms with Gasteiger partial charge in [0.15, 0.2) is 0 Å². The van der Waals surface area contributed by atoms with Crippen LogP contribution in [-0.2, 0) is 16.1 Å². The summed E-state index contributed by atoms with van der Waals surface area (Å²) in [6, 6.07) is 4.57. The van der Waals surface area contributed by atoms with E-state index in [0.29, 0.717) is 37.4 Å². The molecule has 1 aliphatic heterocycles. The molecule has 0 aromatic heterocycles. The highest BCUT2D eigenvalue weighted by atomic mass is 35.5. The van der Waals surface area contributed by atoms with Crippen molar-refractivity contribution >= 4 is 18.3 Å². The lowest BCUT2D eigenvalue weighted by atomic mass is 9.79. The second-order valence-corrected chi connectivity index (χ2v) is 5.24. The van der Waals surface area contributed by atoms with Crippen molar-refractivity contribution in [3.05, 3.63) is 29.6 Å². The summed E-state index contributed by atoms with van der Waals surface area (Å²) in [5.74, 6) is -0.0858. The Labute approximate surface area is 135 Å². The van der Waals surface area contributed by atoms with Crippen LogP contribution in [0.15, 0.2) is 18.2 Å². The number of halogens is 2. The standard InChI is InChI=1S/C15H21FN2O3.ClH/c1-20-12-3-2-11(13(16)8-12)9-18-14(19)15(10-17)4-6-21-7-5-15;/h2-3,8H,4-7,9-10,17H2,1H3,(H,18,19);1H. The van der Waals surface area contributed by atoms with Crippen LogP contribution in [0.4, 0.5) is 4.39 Å². The first-order valence-electron chi connectivity index (χ1n) is 7.00. The van der Waals surface area contributed by atoms with Crippen molar-refractivity contribution in [1.29, 1.82) is 0 Å². The molecule has 1 saturated heterocycles. The van der Waals surface area contributed by atoms with Gasteiger partial charge in [-0.1, -0.05) is 6.07 Å². The third kappa shape index (κ3) is 4.09. The van der Waals surface area contributed by atoms with Crippen LogP contribution in [0.25, 0.3) is 0 Å². The minimum absolute atomic E-state index is 0. The molecule has 22 heavy (non-hydrogen) atoms. The molecule has 3 N–H and O–H groups in total. The van der Waals surface area contributed by atoms with Gasteiger partial charge in [0.05, 0.1) is 12.5 Å². The lowest BCUT2D eigenvalue weighted by molar-refractivity contribution is -0.136. The first-order valence-corrected chi connectivity index (χ1v) is 7.00. The number of nitrogens with two attached hydrogens (primary N) is 1. The lowest BCUT2D eigenvalue weighted by Gasteiger charge is -2.34. The van der Waals surface area contributed by atoms with Crippen LogP contribution >= 0.6 is 12.4 Å². The van der Waals surface area contributed by atoms with Gasteiger partial charge in [0, 0.05) is 37.9 Å². The Morgan fingerprint density at radius 2 is 2.14 bits per heavy atom. The van der Waals surface area contributed by atoms with Gasteiger partial charge in [0.25, 0.3) is 0 Å². The van der Waals surface area contributed by atoms with Crippen LogP contribution in [-0.4, -0.2) is 32.8 Å². The Bertz CT molecular complexity index is 508. The molecular formula is C15H22ClFN2O3. The van der Waals surface area contributed by atoms with E-state index in [2.05, 4.69) is 5.32 Å². The maximum Gasteiger partial charge on any atom is 0.227 e. The average Bonchev–Trinajstić information content (AvgIpc) is 2.53. The molecule has 0 atom stereocenters. The summed E-state index contributed by atoms with van der Waals surface area (Å²) in [6.45, 7) is 1.47. The van der Waals surface area contributed by atoms with Crippen LogP contribution in [0.5, 0.6) is 5.75 Å². The van der Waals surface area contributed by atoms with Gasteiger partial charge < -0.3 is 20.5 Å². The molecule has 0 aliphatic carbocycles. The van der Waals surface area contributed by atoms with Gasteiger partial charge in [-0.05, 0) is 18.9 Å². The van der Waals surface area contributed by atoms with E-state index < -0.39 is 11.2 Å². The molecule has 1 amide bonds. The zero-order chi connectivity index (χ0) is 15.3. The highest BCUT2D eigenvalue weighted by Crippen LogP contribution is 2.29. The van der Waals surface area contributed by atoms with E-state index in [4.69, 9.17) is 15.2 Å². The molecule has 0 spiro atoms. The van der Waals surface area contributed by atoms with Gasteiger partial charge in [-0.3, -0.25) is 4.79 Å². The molecule has 0 unspecified atom stereocenters. The third-order valence-corrected chi connectivity index (χ3v) is 4.02. The predicted octanol–water partition coefficient (Wildman–Crippen LogP) is 1.63. The molecule has 1 fully saturated rings. The summed E-state index contributed by atoms with van der Waals surface area (Å²) in [6.07, 6.45) is 1.20. The molecule has 0 saturated carbocycles. The summed E-state index contributed by atoms with van der Waals surface area (Å²) in [4.78, 5) is 12.4. The number of ether oxygens (including phenoxy) is 2. The van der Waals surface area contributed by atoms with E-state index in [1.54, 1.807) is 12.1 Å². The van der Waals surface area contributed by atoms with Crippen LogP contribution in [0.3, 0.4) is 0 Å². The minimum atomic E-state index is -0.596. The molecule has 1 aromatic carbocycles. The van der Waals surface area contributed by atoms with E-state index >= 15 is 0 Å². The number of carbonyl (C=O) groups excluding carboxylic acids is 1. The van der Waals surface area contributed by atoms with Gasteiger partial charge >= 0.3 is 0 Å². The number of rotatable bonds is 5. The Hall–Kier alpha value is -1.37. The second-order valence-electron chi connectivity index (χ2n) is 5.24. The van der Waals surface area contributed by atoms with Gasteiger partial charge in [-0.25, -0.2) is 4.39 Å². The maximum absolute atomic E-state index is 13.8. The van der Waals surface area contributed by atoms with Crippen molar-refractivity contribution in [2.24, 2.45) is 11.1 Å². The van der Waals surface area contributed by atoms with E-state index in [0.717, 1.165) is 0 Å². The van der Waals surface area contributed by atoms with Crippen molar-refractivity contribution in [1.82, 2.24) is 5.32 Å². The quantitative estimate of drug-likeness (QED) is 0.859. The Balaban J connectivity index is 0.00000242. The molecule has 0 bridgehead atoms. The SMILES string of the molecule is COc1ccc(CNC(=O)C2(CN)CCOCC2)c(F)c1.Cl. The molecule has 124 valence electrons. The van der Waals surface area contributed by atoms with E-state index in [1.807, 2.05) is 0 Å². The molecular weight excluding hydrogens is 311 g/mol. The number of amides is 1. The van der Waals surface area contributed by atoms with Gasteiger partial charge in [-0.15, -0.1) is 12.4 Å². The van der Waals surface area contributed by atoms with E-state index in [1.165, 1.54) is 13.2 Å². The zero-order valence-corrected chi connectivity index (χ0v) is 13.4. The highest BCUT2D eigenvalue weighted by molar-refractivity contribution is 5.85. The molecule has 5 nitrogen and oxygen atoms in total. The topological polar surface area (TPSA) is 73.6 Å². The molecule has 1 aromatic rings. The van der Waals surface area contributed by atoms with Crippen molar-refractivity contribution in [2.75, 3.05) is 26.9 Å². The smallest absolute Gasteiger partial charge is 0.227 e. The summed E-state index contributed by atoms with van der Waals surface area (Å²) in [7, 11) is 1.48. The largest absolute Gasteiger partial charge is 0.497 e. The van der Waals surface area contributed by atoms with Crippen molar-refractivity contribution in [3.63, 3.8) is 0 Å². The Morgan fingerprint density at radius 1 is 1.45 bits per heavy atom. The molecule has 1 heterocycles. The first-order chi connectivity index (χ1) is 10.1. The molecule has 1 aliphatic rings. The van der Waals surface area contributed by atoms with E-state index in [-0.39, 0.29) is 31.4 Å². The fraction of sp³-hybridized carbons (Fsp3) is 0.533. The van der Waals surface area contributed by atoms with Crippen molar-refractivity contribution in [2.45, 2.75) is 19.4 Å². The number of carbonyl (C=O) groups is 1. The fourth-order valence-electron chi connectivity index (χ4n) is 2.45. The summed E-state index contributed by atoms with van der Waals surface area (Å²) in [5.41, 5.74) is 5.59. The number of benzene rings is 1. The van der Waals surface area contributed by atoms with Crippen molar-refractivity contribution < 1.29 is 18.7 Å². The highest BCUT2D eigenvalue weighted by Gasteiger charge is 2.38. The number of nitrogens with one attached hydrogen (secondary N) is 1. The fourth-order valence-corrected chi connectivity index (χ4v) is 2.45. The lowest BCUT2D eigenvalue weighted by Crippen LogP contribution is -2.49. The van der Waals surface area contributed by atoms with Gasteiger partial charge in [0.1, 0.15) is 11.6 Å². The predicted molar refractivity (Wildman–Crippen MR) is 83.6 cm³/mol. The van der Waals surface area contributed by atoms with Gasteiger partial charge in [0.2, 0.25) is 5.91 Å². The normalized spacial score (nSPS) is 16.5. The maximum atomic E-state index is 13.8. The molecule has 2 rings (SSSR count).